The van der Waals surface area contributed by atoms with E-state index in [1.54, 1.807) is 6.92 Å². The van der Waals surface area contributed by atoms with Gasteiger partial charge in [0.25, 0.3) is 0 Å². The lowest BCUT2D eigenvalue weighted by Gasteiger charge is -2.01. The Hall–Kier alpha value is -1.10. The van der Waals surface area contributed by atoms with Crippen LogP contribution in [0.4, 0.5) is 0 Å². The van der Waals surface area contributed by atoms with Gasteiger partial charge in [0.2, 0.25) is 0 Å². The first-order valence-corrected chi connectivity index (χ1v) is 4.34. The molecule has 0 amide bonds. The minimum absolute atomic E-state index is 0.0372. The SMILES string of the molecule is Cc1nn(C(C)C)c(=O)n1CCO. The van der Waals surface area contributed by atoms with Crippen molar-refractivity contribution in [2.75, 3.05) is 6.61 Å². The number of aliphatic hydroxyl groups excluding tert-OH is 1. The second-order valence-electron chi connectivity index (χ2n) is 3.24. The number of aromatic nitrogens is 3. The van der Waals surface area contributed by atoms with Crippen LogP contribution in [0.3, 0.4) is 0 Å². The highest BCUT2D eigenvalue weighted by Gasteiger charge is 2.10. The minimum Gasteiger partial charge on any atom is -0.395 e. The predicted molar refractivity (Wildman–Crippen MR) is 48.7 cm³/mol. The van der Waals surface area contributed by atoms with Crippen molar-refractivity contribution < 1.29 is 5.11 Å². The van der Waals surface area contributed by atoms with Crippen LogP contribution in [-0.2, 0) is 6.54 Å². The number of aryl methyl sites for hydroxylation is 1. The number of rotatable bonds is 3. The third-order valence-corrected chi connectivity index (χ3v) is 1.88. The number of hydrogen-bond acceptors (Lipinski definition) is 3. The Morgan fingerprint density at radius 3 is 2.54 bits per heavy atom. The molecule has 0 saturated carbocycles. The summed E-state index contributed by atoms with van der Waals surface area (Å²) in [7, 11) is 0. The topological polar surface area (TPSA) is 60.0 Å². The van der Waals surface area contributed by atoms with Crippen molar-refractivity contribution in [1.82, 2.24) is 14.3 Å². The molecule has 0 atom stereocenters. The number of nitrogens with zero attached hydrogens (tertiary/aromatic N) is 3. The van der Waals surface area contributed by atoms with Gasteiger partial charge < -0.3 is 5.11 Å². The highest BCUT2D eigenvalue weighted by Crippen LogP contribution is 1.98. The molecule has 0 aliphatic carbocycles. The van der Waals surface area contributed by atoms with Crippen LogP contribution in [0.25, 0.3) is 0 Å². The van der Waals surface area contributed by atoms with E-state index in [0.29, 0.717) is 12.4 Å². The van der Waals surface area contributed by atoms with Crippen LogP contribution in [-0.4, -0.2) is 26.1 Å². The van der Waals surface area contributed by atoms with E-state index in [1.807, 2.05) is 13.8 Å². The molecule has 1 aromatic rings. The smallest absolute Gasteiger partial charge is 0.346 e. The fourth-order valence-corrected chi connectivity index (χ4v) is 1.21. The van der Waals surface area contributed by atoms with Gasteiger partial charge >= 0.3 is 5.69 Å². The van der Waals surface area contributed by atoms with Crippen molar-refractivity contribution in [1.29, 1.82) is 0 Å². The molecule has 1 aromatic heterocycles. The predicted octanol–water partition coefficient (Wildman–Crippen LogP) is -0.0736. The summed E-state index contributed by atoms with van der Waals surface area (Å²) in [6.45, 7) is 5.84. The summed E-state index contributed by atoms with van der Waals surface area (Å²) in [5, 5.41) is 12.8. The molecule has 0 bridgehead atoms. The highest BCUT2D eigenvalue weighted by atomic mass is 16.3. The van der Waals surface area contributed by atoms with E-state index in [2.05, 4.69) is 5.10 Å². The molecule has 0 radical (unpaired) electrons. The first kappa shape index (κ1) is 9.98. The molecule has 5 nitrogen and oxygen atoms in total. The Bertz CT molecular complexity index is 338. The van der Waals surface area contributed by atoms with Crippen LogP contribution >= 0.6 is 0 Å². The quantitative estimate of drug-likeness (QED) is 0.717. The van der Waals surface area contributed by atoms with Crippen molar-refractivity contribution in [3.63, 3.8) is 0 Å². The average Bonchev–Trinajstić information content (AvgIpc) is 2.32. The second kappa shape index (κ2) is 3.74. The van der Waals surface area contributed by atoms with E-state index in [-0.39, 0.29) is 18.3 Å². The maximum atomic E-state index is 11.6. The van der Waals surface area contributed by atoms with E-state index in [0.717, 1.165) is 0 Å². The van der Waals surface area contributed by atoms with Crippen molar-refractivity contribution in [3.8, 4) is 0 Å². The molecule has 1 rings (SSSR count). The molecule has 0 aromatic carbocycles. The van der Waals surface area contributed by atoms with E-state index in [1.165, 1.54) is 9.25 Å². The summed E-state index contributed by atoms with van der Waals surface area (Å²) in [5.41, 5.74) is -0.151. The van der Waals surface area contributed by atoms with Gasteiger partial charge in [-0.25, -0.2) is 9.48 Å². The summed E-state index contributed by atoms with van der Waals surface area (Å²) in [6, 6.07) is 0.0612. The van der Waals surface area contributed by atoms with Gasteiger partial charge in [-0.2, -0.15) is 5.10 Å². The zero-order valence-corrected chi connectivity index (χ0v) is 8.19. The van der Waals surface area contributed by atoms with Crippen LogP contribution in [0.5, 0.6) is 0 Å². The summed E-state index contributed by atoms with van der Waals surface area (Å²) in [6.07, 6.45) is 0. The molecule has 5 heteroatoms. The fourth-order valence-electron chi connectivity index (χ4n) is 1.21. The van der Waals surface area contributed by atoms with Gasteiger partial charge in [-0.1, -0.05) is 0 Å². The van der Waals surface area contributed by atoms with Gasteiger partial charge in [-0.3, -0.25) is 4.57 Å². The van der Waals surface area contributed by atoms with Crippen molar-refractivity contribution in [2.45, 2.75) is 33.4 Å². The Balaban J connectivity index is 3.15. The van der Waals surface area contributed by atoms with Crippen LogP contribution in [0.15, 0.2) is 4.79 Å². The molecule has 0 aliphatic heterocycles. The second-order valence-corrected chi connectivity index (χ2v) is 3.24. The van der Waals surface area contributed by atoms with E-state index in [4.69, 9.17) is 5.11 Å². The summed E-state index contributed by atoms with van der Waals surface area (Å²) < 4.78 is 2.89. The lowest BCUT2D eigenvalue weighted by molar-refractivity contribution is 0.272. The van der Waals surface area contributed by atoms with Gasteiger partial charge in [-0.05, 0) is 20.8 Å². The number of hydrogen-bond donors (Lipinski definition) is 1. The standard InChI is InChI=1S/C8H15N3O2/c1-6(2)11-8(13)10(4-5-12)7(3)9-11/h6,12H,4-5H2,1-3H3. The first-order valence-electron chi connectivity index (χ1n) is 4.34. The normalized spacial score (nSPS) is 11.2. The monoisotopic (exact) mass is 185 g/mol. The minimum atomic E-state index is -0.151. The number of aliphatic hydroxyl groups is 1. The zero-order valence-electron chi connectivity index (χ0n) is 8.19. The third kappa shape index (κ3) is 1.80. The highest BCUT2D eigenvalue weighted by molar-refractivity contribution is 4.84. The molecular formula is C8H15N3O2. The van der Waals surface area contributed by atoms with Crippen LogP contribution in [0, 0.1) is 6.92 Å². The molecule has 0 spiro atoms. The third-order valence-electron chi connectivity index (χ3n) is 1.88. The Morgan fingerprint density at radius 2 is 2.15 bits per heavy atom. The largest absolute Gasteiger partial charge is 0.395 e. The molecule has 0 unspecified atom stereocenters. The van der Waals surface area contributed by atoms with E-state index < -0.39 is 0 Å². The van der Waals surface area contributed by atoms with Crippen molar-refractivity contribution in [2.24, 2.45) is 0 Å². The molecule has 1 heterocycles. The van der Waals surface area contributed by atoms with E-state index >= 15 is 0 Å². The van der Waals surface area contributed by atoms with Gasteiger partial charge in [0.15, 0.2) is 0 Å². The summed E-state index contributed by atoms with van der Waals surface area (Å²) in [5.74, 6) is 0.646. The molecule has 1 N–H and O–H groups in total. The van der Waals surface area contributed by atoms with Gasteiger partial charge in [0, 0.05) is 0 Å². The van der Waals surface area contributed by atoms with Crippen LogP contribution in [0.2, 0.25) is 0 Å². The lowest BCUT2D eigenvalue weighted by atomic mass is 10.4. The van der Waals surface area contributed by atoms with Crippen LogP contribution in [0.1, 0.15) is 25.7 Å². The zero-order chi connectivity index (χ0) is 10.0. The maximum absolute atomic E-state index is 11.6. The van der Waals surface area contributed by atoms with Crippen molar-refractivity contribution in [3.05, 3.63) is 16.3 Å². The Morgan fingerprint density at radius 1 is 1.54 bits per heavy atom. The maximum Gasteiger partial charge on any atom is 0.346 e. The molecule has 74 valence electrons. The van der Waals surface area contributed by atoms with Crippen LogP contribution < -0.4 is 5.69 Å². The van der Waals surface area contributed by atoms with Gasteiger partial charge in [-0.15, -0.1) is 0 Å². The van der Waals surface area contributed by atoms with E-state index in [9.17, 15) is 4.79 Å². The molecule has 13 heavy (non-hydrogen) atoms. The molecular weight excluding hydrogens is 170 g/mol. The van der Waals surface area contributed by atoms with Gasteiger partial charge in [0.05, 0.1) is 19.2 Å². The molecule has 0 saturated heterocycles. The molecule has 0 aliphatic rings. The van der Waals surface area contributed by atoms with Gasteiger partial charge in [0.1, 0.15) is 5.82 Å². The first-order chi connectivity index (χ1) is 6.07. The molecule has 0 fully saturated rings. The van der Waals surface area contributed by atoms with Crippen molar-refractivity contribution >= 4 is 0 Å². The summed E-state index contributed by atoms with van der Waals surface area (Å²) >= 11 is 0. The lowest BCUT2D eigenvalue weighted by Crippen LogP contribution is -2.27. The average molecular weight is 185 g/mol. The Labute approximate surface area is 76.6 Å². The summed E-state index contributed by atoms with van der Waals surface area (Å²) in [4.78, 5) is 11.6. The Kier molecular flexibility index (Phi) is 2.87. The fraction of sp³-hybridized carbons (Fsp3) is 0.750.